The molecule has 1 amide bonds. The second-order valence-corrected chi connectivity index (χ2v) is 8.94. The third kappa shape index (κ3) is 3.94. The average molecular weight is 416 g/mol. The maximum Gasteiger partial charge on any atom is 0.420 e. The fraction of sp³-hybridized carbons (Fsp3) is 0.316. The smallest absolute Gasteiger partial charge is 0.408 e. The van der Waals surface area contributed by atoms with E-state index in [1.165, 1.54) is 13.8 Å². The molecule has 0 saturated carbocycles. The van der Waals surface area contributed by atoms with Crippen LogP contribution in [-0.2, 0) is 27.9 Å². The number of amides is 1. The molecule has 9 nitrogen and oxygen atoms in total. The molecule has 3 heterocycles. The summed E-state index contributed by atoms with van der Waals surface area (Å²) in [5.41, 5.74) is 1.61. The molecule has 0 spiro atoms. The van der Waals surface area contributed by atoms with Crippen molar-refractivity contribution < 1.29 is 17.6 Å². The van der Waals surface area contributed by atoms with Gasteiger partial charge in [-0.2, -0.15) is 4.31 Å². The van der Waals surface area contributed by atoms with Gasteiger partial charge >= 0.3 is 5.76 Å². The molecule has 29 heavy (non-hydrogen) atoms. The van der Waals surface area contributed by atoms with Crippen LogP contribution in [0.5, 0.6) is 0 Å². The number of hydrogen-bond acceptors (Lipinski definition) is 6. The van der Waals surface area contributed by atoms with Gasteiger partial charge in [0.1, 0.15) is 6.54 Å². The minimum Gasteiger partial charge on any atom is -0.408 e. The predicted octanol–water partition coefficient (Wildman–Crippen LogP) is 0.662. The lowest BCUT2D eigenvalue weighted by atomic mass is 10.1. The summed E-state index contributed by atoms with van der Waals surface area (Å²) in [6, 6.07) is 11.9. The number of para-hydroxylation sites is 2. The van der Waals surface area contributed by atoms with E-state index in [0.29, 0.717) is 16.8 Å². The van der Waals surface area contributed by atoms with Gasteiger partial charge in [0, 0.05) is 19.3 Å². The minimum atomic E-state index is -3.47. The van der Waals surface area contributed by atoms with Crippen LogP contribution in [0.25, 0.3) is 11.1 Å². The normalized spacial score (nSPS) is 15.0. The summed E-state index contributed by atoms with van der Waals surface area (Å²) in [6.07, 6.45) is 2.76. The monoisotopic (exact) mass is 416 g/mol. The van der Waals surface area contributed by atoms with Crippen LogP contribution in [0.3, 0.4) is 0 Å². The van der Waals surface area contributed by atoms with Crippen LogP contribution >= 0.6 is 0 Å². The Labute approximate surface area is 167 Å². The zero-order valence-corrected chi connectivity index (χ0v) is 16.6. The first-order chi connectivity index (χ1) is 13.8. The fourth-order valence-corrected chi connectivity index (χ4v) is 4.45. The highest BCUT2D eigenvalue weighted by molar-refractivity contribution is 7.88. The van der Waals surface area contributed by atoms with E-state index >= 15 is 0 Å². The summed E-state index contributed by atoms with van der Waals surface area (Å²) in [5.74, 6) is -0.856. The van der Waals surface area contributed by atoms with Crippen LogP contribution in [-0.4, -0.2) is 58.5 Å². The predicted molar refractivity (Wildman–Crippen MR) is 105 cm³/mol. The lowest BCUT2D eigenvalue weighted by Crippen LogP contribution is -2.62. The minimum absolute atomic E-state index is 0.151. The van der Waals surface area contributed by atoms with Crippen molar-refractivity contribution in [1.82, 2.24) is 18.8 Å². The number of benzene rings is 1. The first-order valence-electron chi connectivity index (χ1n) is 9.06. The third-order valence-corrected chi connectivity index (χ3v) is 6.24. The molecule has 1 fully saturated rings. The number of carbonyl (C=O) groups excluding carboxylic acids is 1. The number of carbonyl (C=O) groups is 1. The molecule has 1 aliphatic rings. The molecule has 0 atom stereocenters. The van der Waals surface area contributed by atoms with Crippen LogP contribution in [0, 0.1) is 0 Å². The molecule has 10 heteroatoms. The summed E-state index contributed by atoms with van der Waals surface area (Å²) in [4.78, 5) is 30.4. The first-order valence-corrected chi connectivity index (χ1v) is 10.9. The fourth-order valence-electron chi connectivity index (χ4n) is 3.41. The molecule has 4 rings (SSSR count). The number of oxazole rings is 1. The number of fused-ring (bicyclic) bond motifs is 1. The number of hydrogen-bond donors (Lipinski definition) is 0. The Morgan fingerprint density at radius 3 is 2.62 bits per heavy atom. The van der Waals surface area contributed by atoms with E-state index in [0.717, 1.165) is 6.26 Å². The molecule has 1 saturated heterocycles. The molecular weight excluding hydrogens is 396 g/mol. The van der Waals surface area contributed by atoms with Gasteiger partial charge in [0.15, 0.2) is 5.58 Å². The number of nitrogens with zero attached hydrogens (tertiary/aromatic N) is 4. The van der Waals surface area contributed by atoms with Gasteiger partial charge in [-0.15, -0.1) is 0 Å². The van der Waals surface area contributed by atoms with Crippen molar-refractivity contribution in [3.63, 3.8) is 0 Å². The topological polar surface area (TPSA) is 106 Å². The third-order valence-electron chi connectivity index (χ3n) is 4.96. The Hall–Kier alpha value is -2.98. The summed E-state index contributed by atoms with van der Waals surface area (Å²) >= 11 is 0. The molecule has 2 aromatic heterocycles. The lowest BCUT2D eigenvalue weighted by Gasteiger charge is -2.44. The van der Waals surface area contributed by atoms with Gasteiger partial charge < -0.3 is 9.32 Å². The van der Waals surface area contributed by atoms with Crippen molar-refractivity contribution in [3.05, 3.63) is 64.9 Å². The highest BCUT2D eigenvalue weighted by Gasteiger charge is 2.39. The van der Waals surface area contributed by atoms with Crippen molar-refractivity contribution in [2.24, 2.45) is 0 Å². The maximum absolute atomic E-state index is 12.6. The van der Waals surface area contributed by atoms with E-state index in [-0.39, 0.29) is 38.1 Å². The molecule has 1 aliphatic heterocycles. The van der Waals surface area contributed by atoms with Crippen LogP contribution < -0.4 is 5.76 Å². The number of likely N-dealkylation sites (tertiary alicyclic amines) is 1. The molecule has 0 aliphatic carbocycles. The van der Waals surface area contributed by atoms with Gasteiger partial charge in [0.25, 0.3) is 0 Å². The summed E-state index contributed by atoms with van der Waals surface area (Å²) in [5, 5.41) is 0. The summed E-state index contributed by atoms with van der Waals surface area (Å²) in [6.45, 7) is 0.534. The highest BCUT2D eigenvalue weighted by atomic mass is 32.2. The molecule has 3 aromatic rings. The van der Waals surface area contributed by atoms with E-state index in [9.17, 15) is 18.0 Å². The van der Waals surface area contributed by atoms with Gasteiger partial charge in [-0.25, -0.2) is 13.2 Å². The SMILES string of the molecule is CS(=O)(=O)N(Cc1ccccn1)C1CN(C(=O)Cn2c(=O)oc3ccccc32)C1. The second-order valence-electron chi connectivity index (χ2n) is 7.00. The molecule has 0 unspecified atom stereocenters. The molecule has 1 aromatic carbocycles. The van der Waals surface area contributed by atoms with Crippen LogP contribution in [0.15, 0.2) is 57.9 Å². The molecule has 0 N–H and O–H groups in total. The Kier molecular flexibility index (Phi) is 4.97. The van der Waals surface area contributed by atoms with E-state index in [2.05, 4.69) is 4.98 Å². The van der Waals surface area contributed by atoms with Crippen molar-refractivity contribution in [3.8, 4) is 0 Å². The molecular formula is C19H20N4O5S. The van der Waals surface area contributed by atoms with E-state index in [4.69, 9.17) is 4.42 Å². The molecule has 152 valence electrons. The van der Waals surface area contributed by atoms with Gasteiger partial charge in [0.2, 0.25) is 15.9 Å². The quantitative estimate of drug-likeness (QED) is 0.585. The van der Waals surface area contributed by atoms with Gasteiger partial charge in [0.05, 0.1) is 30.1 Å². The van der Waals surface area contributed by atoms with E-state index in [1.807, 2.05) is 0 Å². The Bertz CT molecular complexity index is 1200. The highest BCUT2D eigenvalue weighted by Crippen LogP contribution is 2.21. The number of rotatable bonds is 6. The molecule has 0 bridgehead atoms. The van der Waals surface area contributed by atoms with Crippen molar-refractivity contribution in [2.75, 3.05) is 19.3 Å². The van der Waals surface area contributed by atoms with E-state index < -0.39 is 15.8 Å². The average Bonchev–Trinajstić information content (AvgIpc) is 2.95. The van der Waals surface area contributed by atoms with Crippen molar-refractivity contribution in [1.29, 1.82) is 0 Å². The number of pyridine rings is 1. The summed E-state index contributed by atoms with van der Waals surface area (Å²) in [7, 11) is -3.47. The van der Waals surface area contributed by atoms with Gasteiger partial charge in [-0.05, 0) is 24.3 Å². The first kappa shape index (κ1) is 19.3. The number of aromatic nitrogens is 2. The Morgan fingerprint density at radius 1 is 1.21 bits per heavy atom. The van der Waals surface area contributed by atoms with Gasteiger partial charge in [-0.3, -0.25) is 14.3 Å². The van der Waals surface area contributed by atoms with Crippen molar-refractivity contribution >= 4 is 27.0 Å². The Balaban J connectivity index is 1.44. The largest absolute Gasteiger partial charge is 0.420 e. The van der Waals surface area contributed by atoms with Crippen molar-refractivity contribution in [2.45, 2.75) is 19.1 Å². The van der Waals surface area contributed by atoms with E-state index in [1.54, 1.807) is 48.7 Å². The second kappa shape index (κ2) is 7.45. The van der Waals surface area contributed by atoms with Crippen LogP contribution in [0.4, 0.5) is 0 Å². The van der Waals surface area contributed by atoms with Crippen LogP contribution in [0.2, 0.25) is 0 Å². The zero-order valence-electron chi connectivity index (χ0n) is 15.8. The maximum atomic E-state index is 12.6. The lowest BCUT2D eigenvalue weighted by molar-refractivity contribution is -0.138. The standard InChI is InChI=1S/C19H20N4O5S/c1-29(26,27)23(10-14-6-4-5-9-20-14)15-11-21(12-15)18(24)13-22-16-7-2-3-8-17(16)28-19(22)25/h2-9,15H,10-13H2,1H3. The molecule has 0 radical (unpaired) electrons. The number of sulfonamides is 1. The summed E-state index contributed by atoms with van der Waals surface area (Å²) < 4.78 is 32.3. The van der Waals surface area contributed by atoms with Gasteiger partial charge in [-0.1, -0.05) is 18.2 Å². The zero-order chi connectivity index (χ0) is 20.6. The van der Waals surface area contributed by atoms with Crippen LogP contribution in [0.1, 0.15) is 5.69 Å². The Morgan fingerprint density at radius 2 is 1.93 bits per heavy atom.